The van der Waals surface area contributed by atoms with E-state index in [1.807, 2.05) is 36.4 Å². The molecule has 0 spiro atoms. The Hall–Kier alpha value is -2.42. The topological polar surface area (TPSA) is 40.5 Å². The van der Waals surface area contributed by atoms with Gasteiger partial charge in [-0.05, 0) is 55.6 Å². The van der Waals surface area contributed by atoms with Crippen LogP contribution in [0.4, 0.5) is 0 Å². The molecule has 2 aliphatic rings. The maximum atomic E-state index is 10.5. The summed E-state index contributed by atoms with van der Waals surface area (Å²) < 4.78 is 0. The van der Waals surface area contributed by atoms with Crippen LogP contribution in [0.2, 0.25) is 0 Å². The second-order valence-corrected chi connectivity index (χ2v) is 6.01. The molecule has 0 fully saturated rings. The highest BCUT2D eigenvalue weighted by atomic mass is 16.3. The van der Waals surface area contributed by atoms with Crippen LogP contribution in [0.15, 0.2) is 60.7 Å². The quantitative estimate of drug-likeness (QED) is 0.475. The normalized spacial score (nSPS) is 20.3. The molecule has 0 saturated carbocycles. The first-order valence-corrected chi connectivity index (χ1v) is 7.49. The number of hydrogen-bond acceptors (Lipinski definition) is 2. The Kier molecular flexibility index (Phi) is 2.25. The zero-order chi connectivity index (χ0) is 14.8. The van der Waals surface area contributed by atoms with Crippen LogP contribution >= 0.6 is 0 Å². The van der Waals surface area contributed by atoms with Gasteiger partial charge in [0, 0.05) is 0 Å². The van der Waals surface area contributed by atoms with E-state index in [0.29, 0.717) is 0 Å². The molecular formula is C20H14O2. The molecule has 0 aliphatic heterocycles. The highest BCUT2D eigenvalue weighted by Gasteiger charge is 2.34. The second-order valence-electron chi connectivity index (χ2n) is 6.01. The van der Waals surface area contributed by atoms with Gasteiger partial charge in [-0.15, -0.1) is 0 Å². The minimum atomic E-state index is -0.849. The molecule has 2 nitrogen and oxygen atoms in total. The molecule has 4 aromatic carbocycles. The van der Waals surface area contributed by atoms with E-state index in [1.54, 1.807) is 0 Å². The highest BCUT2D eigenvalue weighted by molar-refractivity contribution is 6.12. The van der Waals surface area contributed by atoms with E-state index in [4.69, 9.17) is 0 Å². The molecule has 2 bridgehead atoms. The summed E-state index contributed by atoms with van der Waals surface area (Å²) in [6.07, 6.45) is -1.70. The lowest BCUT2D eigenvalue weighted by atomic mass is 9.78. The average Bonchev–Trinajstić information content (AvgIpc) is 2.56. The number of aliphatic hydroxyl groups is 2. The van der Waals surface area contributed by atoms with E-state index < -0.39 is 12.2 Å². The summed E-state index contributed by atoms with van der Waals surface area (Å²) in [5, 5.41) is 27.5. The number of benzene rings is 4. The van der Waals surface area contributed by atoms with Gasteiger partial charge in [-0.2, -0.15) is 0 Å². The van der Waals surface area contributed by atoms with Gasteiger partial charge in [-0.1, -0.05) is 48.5 Å². The minimum Gasteiger partial charge on any atom is -0.385 e. The predicted molar refractivity (Wildman–Crippen MR) is 88.9 cm³/mol. The lowest BCUT2D eigenvalue weighted by molar-refractivity contribution is 0.0182. The monoisotopic (exact) mass is 286 g/mol. The van der Waals surface area contributed by atoms with Crippen molar-refractivity contribution in [3.8, 4) is 0 Å². The average molecular weight is 286 g/mol. The Morgan fingerprint density at radius 3 is 1.41 bits per heavy atom. The van der Waals surface area contributed by atoms with Gasteiger partial charge < -0.3 is 10.2 Å². The molecule has 106 valence electrons. The summed E-state index contributed by atoms with van der Waals surface area (Å²) in [7, 11) is 0. The molecule has 2 atom stereocenters. The van der Waals surface area contributed by atoms with E-state index in [-0.39, 0.29) is 0 Å². The third kappa shape index (κ3) is 1.36. The van der Waals surface area contributed by atoms with Crippen molar-refractivity contribution in [2.45, 2.75) is 12.2 Å². The van der Waals surface area contributed by atoms with Crippen LogP contribution in [0.3, 0.4) is 0 Å². The number of fused-ring (bicyclic) bond motifs is 2. The second kappa shape index (κ2) is 4.07. The largest absolute Gasteiger partial charge is 0.385 e. The third-order valence-electron chi connectivity index (χ3n) is 4.86. The lowest BCUT2D eigenvalue weighted by Crippen LogP contribution is -2.18. The first kappa shape index (κ1) is 12.2. The van der Waals surface area contributed by atoms with Crippen LogP contribution < -0.4 is 0 Å². The lowest BCUT2D eigenvalue weighted by Gasteiger charge is -2.31. The summed E-state index contributed by atoms with van der Waals surface area (Å²) >= 11 is 0. The van der Waals surface area contributed by atoms with Crippen LogP contribution in [0.25, 0.3) is 32.3 Å². The standard InChI is InChI=1S/C20H14O2/c21-19-17-13-7-3-4-8-14(13)18(20(19)22)16-10-12-6-2-1-5-11(12)9-15(16)17/h1-10,19-22H. The third-order valence-corrected chi connectivity index (χ3v) is 4.86. The van der Waals surface area contributed by atoms with Gasteiger partial charge in [0.05, 0.1) is 0 Å². The van der Waals surface area contributed by atoms with Crippen molar-refractivity contribution >= 4 is 32.3 Å². The van der Waals surface area contributed by atoms with Gasteiger partial charge in [0.15, 0.2) is 0 Å². The van der Waals surface area contributed by atoms with Crippen LogP contribution in [-0.2, 0) is 0 Å². The molecule has 0 heterocycles. The summed E-state index contributed by atoms with van der Waals surface area (Å²) in [4.78, 5) is 0. The molecule has 4 aromatic rings. The predicted octanol–water partition coefficient (Wildman–Crippen LogP) is 4.23. The van der Waals surface area contributed by atoms with Gasteiger partial charge in [-0.25, -0.2) is 0 Å². The Morgan fingerprint density at radius 1 is 0.545 bits per heavy atom. The van der Waals surface area contributed by atoms with E-state index in [2.05, 4.69) is 24.3 Å². The van der Waals surface area contributed by atoms with Crippen molar-refractivity contribution in [2.75, 3.05) is 0 Å². The smallest absolute Gasteiger partial charge is 0.110 e. The van der Waals surface area contributed by atoms with Gasteiger partial charge in [0.2, 0.25) is 0 Å². The van der Waals surface area contributed by atoms with Crippen LogP contribution in [0, 0.1) is 0 Å². The van der Waals surface area contributed by atoms with Gasteiger partial charge in [0.1, 0.15) is 12.2 Å². The number of rotatable bonds is 0. The molecular weight excluding hydrogens is 272 g/mol. The molecule has 2 unspecified atom stereocenters. The van der Waals surface area contributed by atoms with Crippen molar-refractivity contribution in [1.82, 2.24) is 0 Å². The number of aliphatic hydroxyl groups excluding tert-OH is 2. The summed E-state index contributed by atoms with van der Waals surface area (Å²) in [5.41, 5.74) is 1.69. The van der Waals surface area contributed by atoms with E-state index in [0.717, 1.165) is 43.4 Å². The van der Waals surface area contributed by atoms with Crippen molar-refractivity contribution in [2.24, 2.45) is 0 Å². The van der Waals surface area contributed by atoms with Gasteiger partial charge in [-0.3, -0.25) is 0 Å². The molecule has 6 rings (SSSR count). The Bertz CT molecular complexity index is 980. The van der Waals surface area contributed by atoms with E-state index in [9.17, 15) is 10.2 Å². The molecule has 0 radical (unpaired) electrons. The summed E-state index contributed by atoms with van der Waals surface area (Å²) in [6.45, 7) is 0. The van der Waals surface area contributed by atoms with Crippen LogP contribution in [0.1, 0.15) is 23.3 Å². The summed E-state index contributed by atoms with van der Waals surface area (Å²) in [6, 6.07) is 20.5. The zero-order valence-corrected chi connectivity index (χ0v) is 11.8. The van der Waals surface area contributed by atoms with Crippen LogP contribution in [0.5, 0.6) is 0 Å². The Balaban J connectivity index is 2.11. The highest BCUT2D eigenvalue weighted by Crippen LogP contribution is 2.49. The molecule has 0 amide bonds. The van der Waals surface area contributed by atoms with Crippen molar-refractivity contribution in [3.63, 3.8) is 0 Å². The molecule has 22 heavy (non-hydrogen) atoms. The van der Waals surface area contributed by atoms with Crippen molar-refractivity contribution in [3.05, 3.63) is 71.8 Å². The molecule has 0 aromatic heterocycles. The van der Waals surface area contributed by atoms with Crippen molar-refractivity contribution < 1.29 is 10.2 Å². The van der Waals surface area contributed by atoms with E-state index >= 15 is 0 Å². The molecule has 2 N–H and O–H groups in total. The van der Waals surface area contributed by atoms with Crippen molar-refractivity contribution in [1.29, 1.82) is 0 Å². The van der Waals surface area contributed by atoms with Crippen LogP contribution in [-0.4, -0.2) is 10.2 Å². The Morgan fingerprint density at radius 2 is 0.955 bits per heavy atom. The number of hydrogen-bond donors (Lipinski definition) is 2. The van der Waals surface area contributed by atoms with Gasteiger partial charge >= 0.3 is 0 Å². The zero-order valence-electron chi connectivity index (χ0n) is 11.8. The fourth-order valence-corrected chi connectivity index (χ4v) is 3.88. The summed E-state index contributed by atoms with van der Waals surface area (Å²) in [5.74, 6) is 0. The van der Waals surface area contributed by atoms with E-state index in [1.165, 1.54) is 0 Å². The fourth-order valence-electron chi connectivity index (χ4n) is 3.88. The molecule has 2 aliphatic carbocycles. The maximum absolute atomic E-state index is 10.5. The molecule has 0 saturated heterocycles. The molecule has 2 heteroatoms. The van der Waals surface area contributed by atoms with Gasteiger partial charge in [0.25, 0.3) is 0 Å². The fraction of sp³-hybridized carbons (Fsp3) is 0.100. The maximum Gasteiger partial charge on any atom is 0.110 e. The first-order valence-electron chi connectivity index (χ1n) is 7.49. The first-order chi connectivity index (χ1) is 10.8. The Labute approximate surface area is 127 Å². The minimum absolute atomic E-state index is 0.846. The SMILES string of the molecule is OC1c2c3ccccc3c(c3cc4ccccc4cc23)C1O.